The van der Waals surface area contributed by atoms with Gasteiger partial charge >= 0.3 is 0 Å². The average Bonchev–Trinajstić information content (AvgIpc) is 2.71. The molecule has 3 aromatic rings. The van der Waals surface area contributed by atoms with Crippen molar-refractivity contribution in [3.05, 3.63) is 90.0 Å². The normalized spacial score (nSPS) is 10.3. The van der Waals surface area contributed by atoms with Crippen molar-refractivity contribution in [1.29, 1.82) is 0 Å². The summed E-state index contributed by atoms with van der Waals surface area (Å²) in [6.07, 6.45) is 2.02. The van der Waals surface area contributed by atoms with Crippen molar-refractivity contribution in [2.24, 2.45) is 0 Å². The smallest absolute Gasteiger partial charge is 0.142 e. The van der Waals surface area contributed by atoms with Gasteiger partial charge in [0.05, 0.1) is 19.4 Å². The first-order chi connectivity index (χ1) is 12.9. The molecule has 0 unspecified atom stereocenters. The Morgan fingerprint density at radius 2 is 1.46 bits per heavy atom. The number of methoxy groups -OCH3 is 1. The quantitative estimate of drug-likeness (QED) is 0.532. The van der Waals surface area contributed by atoms with E-state index < -0.39 is 0 Å². The molecule has 0 amide bonds. The molecule has 0 spiro atoms. The van der Waals surface area contributed by atoms with Crippen molar-refractivity contribution in [2.75, 3.05) is 19.0 Å². The lowest BCUT2D eigenvalue weighted by Crippen LogP contribution is -2.05. The van der Waals surface area contributed by atoms with E-state index in [9.17, 15) is 0 Å². The number of anilines is 1. The molecule has 0 atom stereocenters. The Bertz CT molecular complexity index is 802. The van der Waals surface area contributed by atoms with Crippen LogP contribution >= 0.6 is 0 Å². The van der Waals surface area contributed by atoms with E-state index in [0.29, 0.717) is 13.2 Å². The molecular formula is C23H25NO2. The number of ether oxygens (including phenoxy) is 2. The van der Waals surface area contributed by atoms with Crippen LogP contribution in [0.1, 0.15) is 17.5 Å². The maximum absolute atomic E-state index is 6.01. The van der Waals surface area contributed by atoms with Gasteiger partial charge in [0.15, 0.2) is 0 Å². The van der Waals surface area contributed by atoms with Crippen LogP contribution in [0.2, 0.25) is 0 Å². The maximum atomic E-state index is 6.01. The van der Waals surface area contributed by atoms with E-state index >= 15 is 0 Å². The third kappa shape index (κ3) is 5.03. The predicted octanol–water partition coefficient (Wildman–Crippen LogP) is 5.32. The van der Waals surface area contributed by atoms with Crippen LogP contribution in [-0.4, -0.2) is 13.7 Å². The molecule has 3 heteroatoms. The second kappa shape index (κ2) is 9.52. The molecule has 0 aromatic heterocycles. The number of rotatable bonds is 9. The third-order valence-corrected chi connectivity index (χ3v) is 4.26. The molecule has 0 saturated heterocycles. The third-order valence-electron chi connectivity index (χ3n) is 4.26. The van der Waals surface area contributed by atoms with E-state index in [2.05, 4.69) is 35.6 Å². The topological polar surface area (TPSA) is 30.5 Å². The highest BCUT2D eigenvalue weighted by Gasteiger charge is 2.05. The lowest BCUT2D eigenvalue weighted by atomic mass is 10.1. The summed E-state index contributed by atoms with van der Waals surface area (Å²) in [5.74, 6) is 1.77. The molecule has 0 heterocycles. The number of aryl methyl sites for hydroxylation is 1. The minimum atomic E-state index is 0.689. The molecule has 0 aliphatic rings. The first-order valence-corrected chi connectivity index (χ1v) is 8.98. The van der Waals surface area contributed by atoms with E-state index in [-0.39, 0.29) is 0 Å². The van der Waals surface area contributed by atoms with Gasteiger partial charge in [0.25, 0.3) is 0 Å². The largest absolute Gasteiger partial charge is 0.496 e. The summed E-state index contributed by atoms with van der Waals surface area (Å²) >= 11 is 0. The molecule has 0 aliphatic heterocycles. The van der Waals surface area contributed by atoms with Crippen molar-refractivity contribution < 1.29 is 9.47 Å². The molecule has 0 bridgehead atoms. The minimum Gasteiger partial charge on any atom is -0.496 e. The van der Waals surface area contributed by atoms with E-state index in [0.717, 1.165) is 35.6 Å². The summed E-state index contributed by atoms with van der Waals surface area (Å²) in [7, 11) is 1.70. The Morgan fingerprint density at radius 3 is 2.27 bits per heavy atom. The number of hydrogen-bond donors (Lipinski definition) is 1. The molecule has 3 nitrogen and oxygen atoms in total. The summed E-state index contributed by atoms with van der Waals surface area (Å²) < 4.78 is 11.4. The van der Waals surface area contributed by atoms with E-state index in [4.69, 9.17) is 9.47 Å². The zero-order valence-electron chi connectivity index (χ0n) is 15.2. The molecule has 0 saturated carbocycles. The van der Waals surface area contributed by atoms with Gasteiger partial charge in [-0.2, -0.15) is 0 Å². The minimum absolute atomic E-state index is 0.689. The van der Waals surface area contributed by atoms with E-state index in [1.807, 2.05) is 48.5 Å². The first kappa shape index (κ1) is 17.9. The molecular weight excluding hydrogens is 322 g/mol. The van der Waals surface area contributed by atoms with Crippen LogP contribution in [0.25, 0.3) is 0 Å². The Labute approximate surface area is 155 Å². The van der Waals surface area contributed by atoms with Crippen molar-refractivity contribution in [1.82, 2.24) is 0 Å². The molecule has 0 aliphatic carbocycles. The Hall–Kier alpha value is -2.94. The highest BCUT2D eigenvalue weighted by molar-refractivity contribution is 5.56. The zero-order chi connectivity index (χ0) is 18.0. The van der Waals surface area contributed by atoms with Gasteiger partial charge in [0.1, 0.15) is 11.5 Å². The van der Waals surface area contributed by atoms with Gasteiger partial charge in [-0.15, -0.1) is 0 Å². The summed E-state index contributed by atoms with van der Waals surface area (Å²) in [5.41, 5.74) is 3.46. The SMILES string of the molecule is COc1ccccc1CNc1ccccc1OCCCc1ccccc1. The average molecular weight is 347 g/mol. The Kier molecular flexibility index (Phi) is 6.54. The lowest BCUT2D eigenvalue weighted by Gasteiger charge is -2.14. The van der Waals surface area contributed by atoms with Gasteiger partial charge in [-0.25, -0.2) is 0 Å². The van der Waals surface area contributed by atoms with E-state index in [1.165, 1.54) is 5.56 Å². The van der Waals surface area contributed by atoms with Gasteiger partial charge in [-0.1, -0.05) is 60.7 Å². The molecule has 134 valence electrons. The van der Waals surface area contributed by atoms with Crippen molar-refractivity contribution in [2.45, 2.75) is 19.4 Å². The standard InChI is InChI=1S/C23H25NO2/c1-25-22-15-7-5-13-20(22)18-24-21-14-6-8-16-23(21)26-17-9-12-19-10-3-2-4-11-19/h2-8,10-11,13-16,24H,9,12,17-18H2,1H3. The summed E-state index contributed by atoms with van der Waals surface area (Å²) in [6, 6.07) is 26.6. The van der Waals surface area contributed by atoms with Crippen molar-refractivity contribution >= 4 is 5.69 Å². The summed E-state index contributed by atoms with van der Waals surface area (Å²) in [6.45, 7) is 1.39. The molecule has 3 rings (SSSR count). The number of para-hydroxylation sites is 3. The van der Waals surface area contributed by atoms with Crippen LogP contribution in [0, 0.1) is 0 Å². The molecule has 0 fully saturated rings. The first-order valence-electron chi connectivity index (χ1n) is 8.98. The Morgan fingerprint density at radius 1 is 0.769 bits per heavy atom. The number of nitrogens with one attached hydrogen (secondary N) is 1. The highest BCUT2D eigenvalue weighted by Crippen LogP contribution is 2.26. The number of hydrogen-bond acceptors (Lipinski definition) is 3. The van der Waals surface area contributed by atoms with Gasteiger partial charge in [-0.05, 0) is 36.6 Å². The fraction of sp³-hybridized carbons (Fsp3) is 0.217. The van der Waals surface area contributed by atoms with Gasteiger partial charge < -0.3 is 14.8 Å². The molecule has 3 aromatic carbocycles. The van der Waals surface area contributed by atoms with Crippen LogP contribution in [-0.2, 0) is 13.0 Å². The molecule has 26 heavy (non-hydrogen) atoms. The van der Waals surface area contributed by atoms with Crippen LogP contribution in [0.4, 0.5) is 5.69 Å². The Balaban J connectivity index is 1.54. The van der Waals surface area contributed by atoms with Gasteiger partial charge in [0, 0.05) is 12.1 Å². The second-order valence-electron chi connectivity index (χ2n) is 6.10. The van der Waals surface area contributed by atoms with Crippen LogP contribution in [0.15, 0.2) is 78.9 Å². The zero-order valence-corrected chi connectivity index (χ0v) is 15.2. The van der Waals surface area contributed by atoms with Crippen LogP contribution < -0.4 is 14.8 Å². The lowest BCUT2D eigenvalue weighted by molar-refractivity contribution is 0.312. The highest BCUT2D eigenvalue weighted by atomic mass is 16.5. The van der Waals surface area contributed by atoms with Gasteiger partial charge in [-0.3, -0.25) is 0 Å². The molecule has 1 N–H and O–H groups in total. The van der Waals surface area contributed by atoms with Gasteiger partial charge in [0.2, 0.25) is 0 Å². The fourth-order valence-corrected chi connectivity index (χ4v) is 2.88. The summed E-state index contributed by atoms with van der Waals surface area (Å²) in [5, 5.41) is 3.46. The van der Waals surface area contributed by atoms with Crippen LogP contribution in [0.5, 0.6) is 11.5 Å². The van der Waals surface area contributed by atoms with Crippen molar-refractivity contribution in [3.63, 3.8) is 0 Å². The maximum Gasteiger partial charge on any atom is 0.142 e. The fourth-order valence-electron chi connectivity index (χ4n) is 2.88. The monoisotopic (exact) mass is 347 g/mol. The predicted molar refractivity (Wildman–Crippen MR) is 107 cm³/mol. The number of benzene rings is 3. The summed E-state index contributed by atoms with van der Waals surface area (Å²) in [4.78, 5) is 0. The molecule has 0 radical (unpaired) electrons. The second-order valence-corrected chi connectivity index (χ2v) is 6.10. The van der Waals surface area contributed by atoms with Crippen molar-refractivity contribution in [3.8, 4) is 11.5 Å². The van der Waals surface area contributed by atoms with Crippen LogP contribution in [0.3, 0.4) is 0 Å². The van der Waals surface area contributed by atoms with E-state index in [1.54, 1.807) is 7.11 Å².